The van der Waals surface area contributed by atoms with Crippen molar-refractivity contribution in [1.29, 1.82) is 0 Å². The second-order valence-corrected chi connectivity index (χ2v) is 10.2. The highest BCUT2D eigenvalue weighted by Gasteiger charge is 2.33. The molecule has 1 aliphatic rings. The van der Waals surface area contributed by atoms with Crippen molar-refractivity contribution < 1.29 is 23.9 Å². The number of carbonyl (C=O) groups is 1. The van der Waals surface area contributed by atoms with Crippen molar-refractivity contribution in [3.05, 3.63) is 65.2 Å². The first-order valence-electron chi connectivity index (χ1n) is 9.47. The van der Waals surface area contributed by atoms with Crippen LogP contribution in [0.5, 0.6) is 0 Å². The Morgan fingerprint density at radius 3 is 2.62 bits per heavy atom. The molecular weight excluding hydrogens is 409 g/mol. The Labute approximate surface area is 175 Å². The lowest BCUT2D eigenvalue weighted by atomic mass is 10.0. The van der Waals surface area contributed by atoms with Crippen LogP contribution in [0.2, 0.25) is 0 Å². The van der Waals surface area contributed by atoms with E-state index in [2.05, 4.69) is 26.0 Å². The zero-order chi connectivity index (χ0) is 21.0. The Balaban J connectivity index is 1.63. The molecule has 1 amide bonds. The number of benzene rings is 2. The molecule has 29 heavy (non-hydrogen) atoms. The number of amides is 1. The van der Waals surface area contributed by atoms with Gasteiger partial charge in [-0.05, 0) is 34.7 Å². The lowest BCUT2D eigenvalue weighted by Gasteiger charge is -2.25. The van der Waals surface area contributed by atoms with Gasteiger partial charge in [0.25, 0.3) is 0 Å². The maximum atomic E-state index is 12.5. The first kappa shape index (κ1) is 22.1. The molecule has 2 aromatic carbocycles. The van der Waals surface area contributed by atoms with Gasteiger partial charge in [0.2, 0.25) is 5.91 Å². The molecule has 0 spiro atoms. The SMILES string of the molecule is CC(C)c1cccc(N2C(=O)CSC2COCc2cccc(CP(=O)(O)O)c2)c1. The van der Waals surface area contributed by atoms with Crippen molar-refractivity contribution in [2.45, 2.75) is 37.9 Å². The predicted molar refractivity (Wildman–Crippen MR) is 116 cm³/mol. The highest BCUT2D eigenvalue weighted by molar-refractivity contribution is 8.01. The van der Waals surface area contributed by atoms with Crippen LogP contribution >= 0.6 is 19.4 Å². The lowest BCUT2D eigenvalue weighted by molar-refractivity contribution is -0.116. The largest absolute Gasteiger partial charge is 0.374 e. The first-order chi connectivity index (χ1) is 13.7. The standard InChI is InChI=1S/C21H26NO5PS/c1-15(2)18-7-4-8-19(10-18)22-20(23)14-29-21(22)12-27-11-16-5-3-6-17(9-16)13-28(24,25)26/h3-10,15,21H,11-14H2,1-2H3,(H2,24,25,26). The highest BCUT2D eigenvalue weighted by atomic mass is 32.2. The summed E-state index contributed by atoms with van der Waals surface area (Å²) in [4.78, 5) is 32.5. The maximum absolute atomic E-state index is 12.5. The number of thioether (sulfide) groups is 1. The summed E-state index contributed by atoms with van der Waals surface area (Å²) >= 11 is 1.56. The number of hydrogen-bond donors (Lipinski definition) is 2. The zero-order valence-electron chi connectivity index (χ0n) is 16.5. The molecule has 2 N–H and O–H groups in total. The van der Waals surface area contributed by atoms with Crippen molar-refractivity contribution in [2.24, 2.45) is 0 Å². The van der Waals surface area contributed by atoms with E-state index < -0.39 is 7.60 Å². The van der Waals surface area contributed by atoms with Crippen LogP contribution in [0.15, 0.2) is 48.5 Å². The van der Waals surface area contributed by atoms with Crippen LogP contribution in [0.3, 0.4) is 0 Å². The van der Waals surface area contributed by atoms with Crippen LogP contribution in [-0.4, -0.2) is 33.4 Å². The van der Waals surface area contributed by atoms with Crippen molar-refractivity contribution in [3.8, 4) is 0 Å². The summed E-state index contributed by atoms with van der Waals surface area (Å²) in [6, 6.07) is 15.1. The topological polar surface area (TPSA) is 87.1 Å². The molecule has 0 aromatic heterocycles. The Morgan fingerprint density at radius 1 is 1.17 bits per heavy atom. The average Bonchev–Trinajstić information content (AvgIpc) is 3.01. The summed E-state index contributed by atoms with van der Waals surface area (Å²) < 4.78 is 17.0. The van der Waals surface area contributed by atoms with Gasteiger partial charge < -0.3 is 14.5 Å². The van der Waals surface area contributed by atoms with Gasteiger partial charge in [0, 0.05) is 5.69 Å². The summed E-state index contributed by atoms with van der Waals surface area (Å²) in [5.41, 5.74) is 3.51. The molecule has 1 unspecified atom stereocenters. The van der Waals surface area contributed by atoms with Crippen molar-refractivity contribution in [1.82, 2.24) is 0 Å². The summed E-state index contributed by atoms with van der Waals surface area (Å²) in [5.74, 6) is 0.890. The van der Waals surface area contributed by atoms with Crippen LogP contribution in [0, 0.1) is 0 Å². The van der Waals surface area contributed by atoms with E-state index >= 15 is 0 Å². The molecule has 156 valence electrons. The van der Waals surface area contributed by atoms with Crippen molar-refractivity contribution in [2.75, 3.05) is 17.3 Å². The summed E-state index contributed by atoms with van der Waals surface area (Å²) in [6.07, 6.45) is -0.284. The molecule has 1 saturated heterocycles. The molecule has 8 heteroatoms. The normalized spacial score (nSPS) is 17.3. The smallest absolute Gasteiger partial charge is 0.329 e. The third kappa shape index (κ3) is 6.17. The Bertz CT molecular complexity index is 913. The van der Waals surface area contributed by atoms with Gasteiger partial charge in [0.05, 0.1) is 25.1 Å². The van der Waals surface area contributed by atoms with E-state index in [4.69, 9.17) is 14.5 Å². The summed E-state index contributed by atoms with van der Waals surface area (Å²) in [6.45, 7) is 4.95. The predicted octanol–water partition coefficient (Wildman–Crippen LogP) is 4.11. The van der Waals surface area contributed by atoms with Gasteiger partial charge in [-0.1, -0.05) is 50.2 Å². The van der Waals surface area contributed by atoms with E-state index in [9.17, 15) is 9.36 Å². The van der Waals surface area contributed by atoms with E-state index in [0.29, 0.717) is 30.4 Å². The van der Waals surface area contributed by atoms with Gasteiger partial charge in [-0.3, -0.25) is 14.3 Å². The number of hydrogen-bond acceptors (Lipinski definition) is 4. The molecule has 0 saturated carbocycles. The van der Waals surface area contributed by atoms with Crippen LogP contribution in [-0.2, 0) is 26.9 Å². The average molecular weight is 435 g/mol. The number of carbonyl (C=O) groups excluding carboxylic acids is 1. The van der Waals surface area contributed by atoms with E-state index in [1.807, 2.05) is 18.2 Å². The molecule has 3 rings (SSSR count). The minimum absolute atomic E-state index is 0.0770. The molecule has 2 aromatic rings. The summed E-state index contributed by atoms with van der Waals surface area (Å²) in [5, 5.41) is -0.0943. The van der Waals surface area contributed by atoms with Gasteiger partial charge in [-0.2, -0.15) is 0 Å². The second-order valence-electron chi connectivity index (χ2n) is 7.44. The molecule has 1 heterocycles. The number of rotatable bonds is 8. The minimum atomic E-state index is -4.10. The summed E-state index contributed by atoms with van der Waals surface area (Å²) in [7, 11) is -4.10. The number of ether oxygens (including phenoxy) is 1. The molecule has 0 radical (unpaired) electrons. The number of nitrogens with zero attached hydrogens (tertiary/aromatic N) is 1. The molecule has 0 bridgehead atoms. The van der Waals surface area contributed by atoms with Crippen molar-refractivity contribution in [3.63, 3.8) is 0 Å². The fourth-order valence-electron chi connectivity index (χ4n) is 3.27. The van der Waals surface area contributed by atoms with Gasteiger partial charge >= 0.3 is 7.60 Å². The van der Waals surface area contributed by atoms with E-state index in [1.54, 1.807) is 34.9 Å². The second kappa shape index (κ2) is 9.45. The van der Waals surface area contributed by atoms with Gasteiger partial charge in [0.15, 0.2) is 0 Å². The Morgan fingerprint density at radius 2 is 1.90 bits per heavy atom. The minimum Gasteiger partial charge on any atom is -0.374 e. The monoisotopic (exact) mass is 435 g/mol. The Kier molecular flexibility index (Phi) is 7.19. The maximum Gasteiger partial charge on any atom is 0.329 e. The van der Waals surface area contributed by atoms with Crippen LogP contribution in [0.25, 0.3) is 0 Å². The molecule has 1 atom stereocenters. The van der Waals surface area contributed by atoms with Gasteiger partial charge in [-0.25, -0.2) is 0 Å². The van der Waals surface area contributed by atoms with Crippen LogP contribution in [0.1, 0.15) is 36.5 Å². The first-order valence-corrected chi connectivity index (χ1v) is 12.3. The third-order valence-corrected chi connectivity index (χ3v) is 6.60. The molecule has 0 aliphatic carbocycles. The third-order valence-electron chi connectivity index (χ3n) is 4.68. The Hall–Kier alpha value is -1.63. The molecule has 1 aliphatic heterocycles. The fourth-order valence-corrected chi connectivity index (χ4v) is 5.00. The van der Waals surface area contributed by atoms with Gasteiger partial charge in [0.1, 0.15) is 5.37 Å². The van der Waals surface area contributed by atoms with Crippen LogP contribution in [0.4, 0.5) is 5.69 Å². The van der Waals surface area contributed by atoms with Gasteiger partial charge in [-0.15, -0.1) is 11.8 Å². The fraction of sp³-hybridized carbons (Fsp3) is 0.381. The molecular formula is C21H26NO5PS. The number of anilines is 1. The van der Waals surface area contributed by atoms with E-state index in [-0.39, 0.29) is 17.4 Å². The molecule has 6 nitrogen and oxygen atoms in total. The zero-order valence-corrected chi connectivity index (χ0v) is 18.2. The van der Waals surface area contributed by atoms with E-state index in [0.717, 1.165) is 11.3 Å². The van der Waals surface area contributed by atoms with E-state index in [1.165, 1.54) is 5.56 Å². The lowest BCUT2D eigenvalue weighted by Crippen LogP contribution is -2.35. The van der Waals surface area contributed by atoms with Crippen LogP contribution < -0.4 is 4.90 Å². The quantitative estimate of drug-likeness (QED) is 0.607. The molecule has 1 fully saturated rings. The van der Waals surface area contributed by atoms with Crippen molar-refractivity contribution >= 4 is 31.0 Å². The highest BCUT2D eigenvalue weighted by Crippen LogP contribution is 2.39.